The van der Waals surface area contributed by atoms with E-state index in [4.69, 9.17) is 4.74 Å². The van der Waals surface area contributed by atoms with Crippen LogP contribution in [0.25, 0.3) is 0 Å². The second-order valence-electron chi connectivity index (χ2n) is 6.91. The lowest BCUT2D eigenvalue weighted by Gasteiger charge is -2.31. The molecule has 0 atom stereocenters. The highest BCUT2D eigenvalue weighted by atomic mass is 19.1. The van der Waals surface area contributed by atoms with E-state index in [2.05, 4.69) is 6.92 Å². The molecular weight excluding hydrogens is 239 g/mol. The third-order valence-electron chi connectivity index (χ3n) is 5.34. The van der Waals surface area contributed by atoms with E-state index in [0.717, 1.165) is 30.6 Å². The molecule has 0 saturated heterocycles. The maximum Gasteiger partial charge on any atom is 0.113 e. The summed E-state index contributed by atoms with van der Waals surface area (Å²) in [5, 5.41) is 0. The van der Waals surface area contributed by atoms with Crippen LogP contribution in [0.4, 0.5) is 4.39 Å². The highest BCUT2D eigenvalue weighted by molar-refractivity contribution is 4.76. The number of ether oxygens (including phenoxy) is 1. The van der Waals surface area contributed by atoms with Gasteiger partial charge in [-0.3, -0.25) is 0 Å². The van der Waals surface area contributed by atoms with Crippen molar-refractivity contribution in [2.45, 2.75) is 77.2 Å². The first-order chi connectivity index (χ1) is 9.28. The Balaban J connectivity index is 1.55. The van der Waals surface area contributed by atoms with Crippen molar-refractivity contribution < 1.29 is 9.13 Å². The van der Waals surface area contributed by atoms with Gasteiger partial charge in [0.1, 0.15) is 6.67 Å². The maximum atomic E-state index is 12.1. The average molecular weight is 270 g/mol. The van der Waals surface area contributed by atoms with Crippen molar-refractivity contribution in [3.8, 4) is 0 Å². The van der Waals surface area contributed by atoms with Crippen LogP contribution in [0.15, 0.2) is 0 Å². The lowest BCUT2D eigenvalue weighted by Crippen LogP contribution is -2.23. The first-order valence-electron chi connectivity index (χ1n) is 8.45. The van der Waals surface area contributed by atoms with E-state index in [1.165, 1.54) is 51.4 Å². The van der Waals surface area contributed by atoms with Crippen LogP contribution in [0.3, 0.4) is 0 Å². The second-order valence-corrected chi connectivity index (χ2v) is 6.91. The van der Waals surface area contributed by atoms with Crippen LogP contribution in [0.1, 0.15) is 71.1 Å². The zero-order valence-electron chi connectivity index (χ0n) is 12.6. The molecule has 0 aromatic heterocycles. The standard InChI is InChI=1S/C17H31FO/c1-14-2-4-15(5-3-14)6-7-16-8-10-17(11-9-16)19-13-12-18/h14-17H,2-13H2,1H3. The zero-order chi connectivity index (χ0) is 13.5. The first-order valence-corrected chi connectivity index (χ1v) is 8.45. The minimum Gasteiger partial charge on any atom is -0.376 e. The van der Waals surface area contributed by atoms with Gasteiger partial charge in [0.2, 0.25) is 0 Å². The molecule has 0 radical (unpaired) electrons. The van der Waals surface area contributed by atoms with Crippen molar-refractivity contribution in [2.24, 2.45) is 17.8 Å². The molecule has 0 unspecified atom stereocenters. The minimum absolute atomic E-state index is 0.301. The predicted molar refractivity (Wildman–Crippen MR) is 78.0 cm³/mol. The Labute approximate surface area is 118 Å². The molecule has 0 amide bonds. The van der Waals surface area contributed by atoms with Gasteiger partial charge in [0, 0.05) is 0 Å². The summed E-state index contributed by atoms with van der Waals surface area (Å²) in [5.41, 5.74) is 0. The fraction of sp³-hybridized carbons (Fsp3) is 1.00. The quantitative estimate of drug-likeness (QED) is 0.649. The summed E-state index contributed by atoms with van der Waals surface area (Å²) in [5.74, 6) is 2.90. The van der Waals surface area contributed by atoms with Gasteiger partial charge in [-0.2, -0.15) is 0 Å². The molecule has 0 aromatic rings. The summed E-state index contributed by atoms with van der Waals surface area (Å²) in [6.45, 7) is 2.37. The highest BCUT2D eigenvalue weighted by Gasteiger charge is 2.23. The number of hydrogen-bond acceptors (Lipinski definition) is 1. The van der Waals surface area contributed by atoms with Gasteiger partial charge in [0.05, 0.1) is 12.7 Å². The second kappa shape index (κ2) is 8.24. The fourth-order valence-electron chi connectivity index (χ4n) is 3.89. The molecule has 0 heterocycles. The van der Waals surface area contributed by atoms with Crippen LogP contribution in [-0.2, 0) is 4.74 Å². The maximum absolute atomic E-state index is 12.1. The Hall–Kier alpha value is -0.110. The van der Waals surface area contributed by atoms with Crippen LogP contribution in [0, 0.1) is 17.8 Å². The largest absolute Gasteiger partial charge is 0.376 e. The molecule has 0 aromatic carbocycles. The lowest BCUT2D eigenvalue weighted by atomic mass is 9.77. The monoisotopic (exact) mass is 270 g/mol. The first kappa shape index (κ1) is 15.3. The molecule has 0 bridgehead atoms. The van der Waals surface area contributed by atoms with Gasteiger partial charge < -0.3 is 4.74 Å². The third kappa shape index (κ3) is 5.41. The molecule has 2 aliphatic rings. The molecule has 2 fully saturated rings. The highest BCUT2D eigenvalue weighted by Crippen LogP contribution is 2.35. The van der Waals surface area contributed by atoms with Crippen molar-refractivity contribution in [3.63, 3.8) is 0 Å². The summed E-state index contributed by atoms with van der Waals surface area (Å²) >= 11 is 0. The predicted octanol–water partition coefficient (Wildman–Crippen LogP) is 5.14. The van der Waals surface area contributed by atoms with E-state index >= 15 is 0 Å². The van der Waals surface area contributed by atoms with Crippen LogP contribution in [-0.4, -0.2) is 19.4 Å². The zero-order valence-corrected chi connectivity index (χ0v) is 12.6. The molecule has 1 nitrogen and oxygen atoms in total. The molecule has 0 N–H and O–H groups in total. The van der Waals surface area contributed by atoms with Gasteiger partial charge in [-0.15, -0.1) is 0 Å². The van der Waals surface area contributed by atoms with Crippen molar-refractivity contribution in [1.82, 2.24) is 0 Å². The molecule has 2 aliphatic carbocycles. The van der Waals surface area contributed by atoms with Crippen molar-refractivity contribution in [3.05, 3.63) is 0 Å². The Morgan fingerprint density at radius 2 is 1.37 bits per heavy atom. The van der Waals surface area contributed by atoms with Gasteiger partial charge in [0.15, 0.2) is 0 Å². The van der Waals surface area contributed by atoms with Gasteiger partial charge in [-0.1, -0.05) is 45.4 Å². The van der Waals surface area contributed by atoms with Crippen LogP contribution < -0.4 is 0 Å². The summed E-state index contributed by atoms with van der Waals surface area (Å²) < 4.78 is 17.6. The van der Waals surface area contributed by atoms with Crippen molar-refractivity contribution in [2.75, 3.05) is 13.3 Å². The summed E-state index contributed by atoms with van der Waals surface area (Å²) in [6.07, 6.45) is 14.0. The molecule has 19 heavy (non-hydrogen) atoms. The van der Waals surface area contributed by atoms with E-state index in [9.17, 15) is 4.39 Å². The summed E-state index contributed by atoms with van der Waals surface area (Å²) in [7, 11) is 0. The Morgan fingerprint density at radius 3 is 1.89 bits per heavy atom. The van der Waals surface area contributed by atoms with Gasteiger partial charge in [-0.25, -0.2) is 4.39 Å². The normalized spacial score (nSPS) is 36.3. The fourth-order valence-corrected chi connectivity index (χ4v) is 3.89. The van der Waals surface area contributed by atoms with Gasteiger partial charge >= 0.3 is 0 Å². The summed E-state index contributed by atoms with van der Waals surface area (Å²) in [6, 6.07) is 0. The molecule has 2 rings (SSSR count). The van der Waals surface area contributed by atoms with Crippen molar-refractivity contribution >= 4 is 0 Å². The molecule has 0 spiro atoms. The Morgan fingerprint density at radius 1 is 0.842 bits per heavy atom. The number of rotatable bonds is 6. The van der Waals surface area contributed by atoms with E-state index in [1.54, 1.807) is 0 Å². The van der Waals surface area contributed by atoms with E-state index < -0.39 is 0 Å². The lowest BCUT2D eigenvalue weighted by molar-refractivity contribution is 0.0102. The molecule has 0 aliphatic heterocycles. The SMILES string of the molecule is CC1CCC(CCC2CCC(OCCF)CC2)CC1. The van der Waals surface area contributed by atoms with E-state index in [0.29, 0.717) is 12.7 Å². The minimum atomic E-state index is -0.333. The summed E-state index contributed by atoms with van der Waals surface area (Å²) in [4.78, 5) is 0. The van der Waals surface area contributed by atoms with Crippen LogP contribution in [0.5, 0.6) is 0 Å². The van der Waals surface area contributed by atoms with Crippen LogP contribution >= 0.6 is 0 Å². The van der Waals surface area contributed by atoms with Crippen LogP contribution in [0.2, 0.25) is 0 Å². The Bertz CT molecular complexity index is 227. The number of halogens is 1. The molecule has 2 heteroatoms. The van der Waals surface area contributed by atoms with Gasteiger partial charge in [-0.05, 0) is 43.4 Å². The van der Waals surface area contributed by atoms with E-state index in [-0.39, 0.29) is 6.67 Å². The number of hydrogen-bond donors (Lipinski definition) is 0. The van der Waals surface area contributed by atoms with Gasteiger partial charge in [0.25, 0.3) is 0 Å². The molecule has 2 saturated carbocycles. The smallest absolute Gasteiger partial charge is 0.113 e. The number of alkyl halides is 1. The molecule has 112 valence electrons. The molecular formula is C17H31FO. The topological polar surface area (TPSA) is 9.23 Å². The van der Waals surface area contributed by atoms with Crippen molar-refractivity contribution in [1.29, 1.82) is 0 Å². The Kier molecular flexibility index (Phi) is 6.63. The van der Waals surface area contributed by atoms with E-state index in [1.807, 2.05) is 0 Å². The third-order valence-corrected chi connectivity index (χ3v) is 5.34. The average Bonchev–Trinajstić information content (AvgIpc) is 2.46.